The molecule has 0 fully saturated rings. The first-order valence-corrected chi connectivity index (χ1v) is 12.0. The summed E-state index contributed by atoms with van der Waals surface area (Å²) in [4.78, 5) is 30.8. The smallest absolute Gasteiger partial charge is 0.263 e. The van der Waals surface area contributed by atoms with Gasteiger partial charge in [0, 0.05) is 34.3 Å². The number of carbonyl (C=O) groups is 1. The molecule has 0 bridgehead atoms. The lowest BCUT2D eigenvalue weighted by atomic mass is 10.1. The van der Waals surface area contributed by atoms with Gasteiger partial charge >= 0.3 is 0 Å². The van der Waals surface area contributed by atoms with E-state index in [9.17, 15) is 9.59 Å². The van der Waals surface area contributed by atoms with E-state index in [4.69, 9.17) is 14.2 Å². The molecule has 8 nitrogen and oxygen atoms in total. The molecule has 3 aromatic carbocycles. The second-order valence-electron chi connectivity index (χ2n) is 9.09. The Morgan fingerprint density at radius 3 is 2.73 bits per heavy atom. The largest absolute Gasteiger partial charge is 0.481 e. The van der Waals surface area contributed by atoms with Crippen LogP contribution in [0, 0.1) is 0 Å². The summed E-state index contributed by atoms with van der Waals surface area (Å²) >= 11 is 0. The van der Waals surface area contributed by atoms with Crippen LogP contribution in [0.1, 0.15) is 12.5 Å². The van der Waals surface area contributed by atoms with Gasteiger partial charge in [-0.3, -0.25) is 19.0 Å². The van der Waals surface area contributed by atoms with E-state index in [0.29, 0.717) is 29.2 Å². The molecule has 6 aromatic rings. The highest BCUT2D eigenvalue weighted by Gasteiger charge is 2.20. The maximum absolute atomic E-state index is 13.4. The molecule has 4 heterocycles. The third-order valence-electron chi connectivity index (χ3n) is 6.85. The Hall–Kier alpha value is -4.85. The Morgan fingerprint density at radius 1 is 1.00 bits per heavy atom. The molecule has 0 spiro atoms. The average Bonchev–Trinajstić information content (AvgIpc) is 3.53. The van der Waals surface area contributed by atoms with Crippen molar-refractivity contribution in [2.24, 2.45) is 0 Å². The summed E-state index contributed by atoms with van der Waals surface area (Å²) in [5, 5.41) is 6.14. The Bertz CT molecular complexity index is 1910. The van der Waals surface area contributed by atoms with E-state index in [-0.39, 0.29) is 18.3 Å². The number of aromatic nitrogens is 2. The van der Waals surface area contributed by atoms with Crippen molar-refractivity contribution in [2.75, 3.05) is 6.79 Å². The van der Waals surface area contributed by atoms with E-state index < -0.39 is 6.10 Å². The Balaban J connectivity index is 1.19. The molecule has 1 aliphatic rings. The molecule has 0 aliphatic carbocycles. The summed E-state index contributed by atoms with van der Waals surface area (Å²) in [6.45, 7) is 2.25. The van der Waals surface area contributed by atoms with E-state index in [0.717, 1.165) is 38.3 Å². The second kappa shape index (κ2) is 8.09. The predicted octanol–water partition coefficient (Wildman–Crippen LogP) is 4.40. The van der Waals surface area contributed by atoms with Gasteiger partial charge < -0.3 is 19.5 Å². The number of hydrogen-bond acceptors (Lipinski definition) is 6. The van der Waals surface area contributed by atoms with Crippen molar-refractivity contribution >= 4 is 44.0 Å². The van der Waals surface area contributed by atoms with Gasteiger partial charge in [0.1, 0.15) is 5.75 Å². The van der Waals surface area contributed by atoms with Crippen LogP contribution in [0.15, 0.2) is 77.7 Å². The van der Waals surface area contributed by atoms with Gasteiger partial charge in [-0.2, -0.15) is 0 Å². The van der Waals surface area contributed by atoms with E-state index in [1.807, 2.05) is 60.7 Å². The van der Waals surface area contributed by atoms with Crippen molar-refractivity contribution in [3.63, 3.8) is 0 Å². The Morgan fingerprint density at radius 2 is 1.84 bits per heavy atom. The summed E-state index contributed by atoms with van der Waals surface area (Å²) in [5.41, 5.74) is 3.16. The zero-order valence-electron chi connectivity index (χ0n) is 19.9. The molecule has 0 saturated heterocycles. The van der Waals surface area contributed by atoms with Crippen molar-refractivity contribution in [3.05, 3.63) is 88.8 Å². The number of carbonyl (C=O) groups excluding carboxylic acids is 1. The van der Waals surface area contributed by atoms with Crippen LogP contribution in [-0.2, 0) is 11.3 Å². The molecule has 0 saturated carbocycles. The van der Waals surface area contributed by atoms with Crippen molar-refractivity contribution < 1.29 is 19.0 Å². The Labute approximate surface area is 210 Å². The van der Waals surface area contributed by atoms with Crippen LogP contribution in [-0.4, -0.2) is 28.2 Å². The van der Waals surface area contributed by atoms with E-state index >= 15 is 0 Å². The van der Waals surface area contributed by atoms with Gasteiger partial charge in [-0.15, -0.1) is 0 Å². The third-order valence-corrected chi connectivity index (χ3v) is 6.85. The fourth-order valence-corrected chi connectivity index (χ4v) is 5.06. The maximum Gasteiger partial charge on any atom is 0.263 e. The van der Waals surface area contributed by atoms with E-state index in [2.05, 4.69) is 10.3 Å². The average molecular weight is 492 g/mol. The minimum atomic E-state index is -0.724. The molecule has 1 atom stereocenters. The molecule has 7 rings (SSSR count). The van der Waals surface area contributed by atoms with Crippen LogP contribution >= 0.6 is 0 Å². The highest BCUT2D eigenvalue weighted by atomic mass is 16.7. The Kier molecular flexibility index (Phi) is 4.69. The second-order valence-corrected chi connectivity index (χ2v) is 9.09. The zero-order valence-corrected chi connectivity index (χ0v) is 19.9. The predicted molar refractivity (Wildman–Crippen MR) is 140 cm³/mol. The van der Waals surface area contributed by atoms with Crippen LogP contribution < -0.4 is 25.1 Å². The van der Waals surface area contributed by atoms with Crippen LogP contribution in [0.3, 0.4) is 0 Å². The number of pyridine rings is 2. The zero-order chi connectivity index (χ0) is 25.1. The summed E-state index contributed by atoms with van der Waals surface area (Å²) in [6.07, 6.45) is 1.03. The van der Waals surface area contributed by atoms with Gasteiger partial charge in [0.15, 0.2) is 17.6 Å². The first kappa shape index (κ1) is 21.4. The SMILES string of the molecule is C[C@@H](Oc1ccc2c(c1)c1ccnc3c4ccccc4c(=O)n2c13)C(=O)NCc1ccc2c(c1)OCO2. The molecule has 1 amide bonds. The number of fused-ring (bicyclic) bond motifs is 6. The van der Waals surface area contributed by atoms with Crippen LogP contribution in [0.25, 0.3) is 38.1 Å². The minimum Gasteiger partial charge on any atom is -0.481 e. The highest BCUT2D eigenvalue weighted by Crippen LogP contribution is 2.35. The van der Waals surface area contributed by atoms with Crippen LogP contribution in [0.5, 0.6) is 17.2 Å². The minimum absolute atomic E-state index is 0.0824. The molecule has 37 heavy (non-hydrogen) atoms. The molecule has 8 heteroatoms. The molecule has 1 aliphatic heterocycles. The molecule has 3 aromatic heterocycles. The number of ether oxygens (including phenoxy) is 3. The quantitative estimate of drug-likeness (QED) is 0.360. The fourth-order valence-electron chi connectivity index (χ4n) is 5.06. The number of nitrogens with one attached hydrogen (secondary N) is 1. The molecule has 0 unspecified atom stereocenters. The fraction of sp³-hybridized carbons (Fsp3) is 0.138. The van der Waals surface area contributed by atoms with Gasteiger partial charge in [-0.25, -0.2) is 0 Å². The number of amides is 1. The standard InChI is InChI=1S/C29H21N3O5/c1-16(28(33)31-14-17-6-9-24-25(12-17)36-15-35-24)37-18-7-8-23-22(13-18)20-10-11-30-26-19-4-2-3-5-21(19)29(34)32(23)27(20)26/h2-13,16H,14-15H2,1H3,(H,31,33)/t16-/m1/s1. The number of rotatable bonds is 5. The number of hydrogen-bond donors (Lipinski definition) is 1. The molecular weight excluding hydrogens is 470 g/mol. The van der Waals surface area contributed by atoms with Crippen molar-refractivity contribution in [1.29, 1.82) is 0 Å². The lowest BCUT2D eigenvalue weighted by Crippen LogP contribution is -2.35. The van der Waals surface area contributed by atoms with Crippen molar-refractivity contribution in [1.82, 2.24) is 14.7 Å². The highest BCUT2D eigenvalue weighted by molar-refractivity contribution is 6.18. The topological polar surface area (TPSA) is 91.2 Å². The van der Waals surface area contributed by atoms with E-state index in [1.165, 1.54) is 0 Å². The lowest BCUT2D eigenvalue weighted by molar-refractivity contribution is -0.127. The third kappa shape index (κ3) is 3.33. The summed E-state index contributed by atoms with van der Waals surface area (Å²) in [6, 6.07) is 20.5. The van der Waals surface area contributed by atoms with Gasteiger partial charge in [0.25, 0.3) is 11.5 Å². The van der Waals surface area contributed by atoms with Gasteiger partial charge in [-0.1, -0.05) is 24.3 Å². The first-order valence-electron chi connectivity index (χ1n) is 12.0. The van der Waals surface area contributed by atoms with Crippen LogP contribution in [0.4, 0.5) is 0 Å². The first-order chi connectivity index (χ1) is 18.1. The molecule has 0 radical (unpaired) electrons. The van der Waals surface area contributed by atoms with Gasteiger partial charge in [0.2, 0.25) is 6.79 Å². The lowest BCUT2D eigenvalue weighted by Gasteiger charge is -2.15. The molecular formula is C29H21N3O5. The summed E-state index contributed by atoms with van der Waals surface area (Å²) in [7, 11) is 0. The van der Waals surface area contributed by atoms with Crippen molar-refractivity contribution in [3.8, 4) is 17.2 Å². The van der Waals surface area contributed by atoms with Crippen LogP contribution in [0.2, 0.25) is 0 Å². The number of benzene rings is 3. The number of nitrogens with zero attached hydrogens (tertiary/aromatic N) is 2. The van der Waals surface area contributed by atoms with Gasteiger partial charge in [-0.05, 0) is 55.0 Å². The maximum atomic E-state index is 13.4. The monoisotopic (exact) mass is 491 g/mol. The molecule has 1 N–H and O–H groups in total. The molecule has 182 valence electrons. The van der Waals surface area contributed by atoms with Crippen molar-refractivity contribution in [2.45, 2.75) is 19.6 Å². The van der Waals surface area contributed by atoms with E-state index in [1.54, 1.807) is 23.6 Å². The summed E-state index contributed by atoms with van der Waals surface area (Å²) < 4.78 is 18.5. The normalized spacial score (nSPS) is 13.5. The summed E-state index contributed by atoms with van der Waals surface area (Å²) in [5.74, 6) is 1.68. The van der Waals surface area contributed by atoms with Gasteiger partial charge in [0.05, 0.1) is 16.6 Å².